The van der Waals surface area contributed by atoms with Crippen LogP contribution in [0.2, 0.25) is 5.02 Å². The van der Waals surface area contributed by atoms with Gasteiger partial charge >= 0.3 is 0 Å². The lowest BCUT2D eigenvalue weighted by Gasteiger charge is -2.42. The first-order chi connectivity index (χ1) is 17.0. The second-order valence-electron chi connectivity index (χ2n) is 8.25. The molecule has 5 rings (SSSR count). The molecule has 4 aromatic rings. The first-order valence-electron chi connectivity index (χ1n) is 11.1. The highest BCUT2D eigenvalue weighted by Gasteiger charge is 2.48. The van der Waals surface area contributed by atoms with Crippen LogP contribution in [0.5, 0.6) is 5.88 Å². The van der Waals surface area contributed by atoms with Crippen molar-refractivity contribution in [1.82, 2.24) is 10.3 Å². The Morgan fingerprint density at radius 3 is 2.63 bits per heavy atom. The van der Waals surface area contributed by atoms with Crippen molar-refractivity contribution in [3.8, 4) is 5.88 Å². The summed E-state index contributed by atoms with van der Waals surface area (Å²) in [5, 5.41) is 18.3. The van der Waals surface area contributed by atoms with Crippen molar-refractivity contribution in [2.24, 2.45) is 0 Å². The second kappa shape index (κ2) is 10.5. The first-order valence-corrected chi connectivity index (χ1v) is 13.3. The van der Waals surface area contributed by atoms with Gasteiger partial charge in [0.1, 0.15) is 18.1 Å². The molecule has 0 amide bonds. The number of aromatic nitrogens is 1. The molecule has 1 aliphatic heterocycles. The summed E-state index contributed by atoms with van der Waals surface area (Å²) < 4.78 is 5.95. The summed E-state index contributed by atoms with van der Waals surface area (Å²) in [6.45, 7) is 0.383. The highest BCUT2D eigenvalue weighted by atomic mass is 35.5. The number of benzene rings is 2. The number of nitrogens with one attached hydrogen (secondary N) is 1. The minimum atomic E-state index is -1.10. The van der Waals surface area contributed by atoms with Crippen LogP contribution in [-0.4, -0.2) is 27.4 Å². The van der Waals surface area contributed by atoms with E-state index in [-0.39, 0.29) is 12.2 Å². The number of rotatable bonds is 7. The summed E-state index contributed by atoms with van der Waals surface area (Å²) >= 11 is 9.11. The average Bonchev–Trinajstić information content (AvgIpc) is 3.42. The molecular formula is C27H23ClN2O3S2. The van der Waals surface area contributed by atoms with Crippen LogP contribution in [0.15, 0.2) is 94.5 Å². The number of carbonyl (C=O) groups is 1. The van der Waals surface area contributed by atoms with Crippen LogP contribution in [0.3, 0.4) is 0 Å². The van der Waals surface area contributed by atoms with Gasteiger partial charge < -0.3 is 9.84 Å². The predicted octanol–water partition coefficient (Wildman–Crippen LogP) is 5.66. The molecule has 0 saturated carbocycles. The maximum Gasteiger partial charge on any atom is 0.213 e. The number of Topliss-reactive ketones (excluding diaryl/α,β-unsaturated/α-hetero) is 1. The maximum atomic E-state index is 13.5. The quantitative estimate of drug-likeness (QED) is 0.326. The maximum absolute atomic E-state index is 13.5. The third-order valence-corrected chi connectivity index (χ3v) is 8.44. The van der Waals surface area contributed by atoms with Crippen molar-refractivity contribution < 1.29 is 14.6 Å². The van der Waals surface area contributed by atoms with Crippen molar-refractivity contribution >= 4 is 40.5 Å². The third-order valence-electron chi connectivity index (χ3n) is 5.93. The van der Waals surface area contributed by atoms with E-state index in [1.165, 1.54) is 23.1 Å². The number of hydrogen-bond acceptors (Lipinski definition) is 7. The fraction of sp³-hybridized carbons (Fsp3) is 0.185. The van der Waals surface area contributed by atoms with Crippen molar-refractivity contribution in [3.63, 3.8) is 0 Å². The largest absolute Gasteiger partial charge is 0.473 e. The Hall–Kier alpha value is -2.68. The number of carbonyl (C=O) groups excluding carboxylic acids is 1. The number of aliphatic hydroxyl groups is 1. The molecule has 5 nitrogen and oxygen atoms in total. The number of halogens is 1. The molecule has 3 unspecified atom stereocenters. The van der Waals surface area contributed by atoms with E-state index in [4.69, 9.17) is 21.3 Å². The Morgan fingerprint density at radius 2 is 1.89 bits per heavy atom. The van der Waals surface area contributed by atoms with Gasteiger partial charge in [-0.2, -0.15) is 11.3 Å². The fourth-order valence-electron chi connectivity index (χ4n) is 4.19. The molecule has 2 aromatic carbocycles. The standard InChI is InChI=1S/C27H23ClN2O3S2/c28-20-9-4-5-10-22(20)35-25-21(31)15-27(30-26(25)32,19-13-14-34-17-19)23-11-6-12-24(29-23)33-16-18-7-2-1-3-8-18/h1-14,17,25-26,30,32H,15-16H2. The molecule has 0 radical (unpaired) electrons. The Labute approximate surface area is 217 Å². The van der Waals surface area contributed by atoms with Gasteiger partial charge in [-0.15, -0.1) is 11.8 Å². The molecule has 0 bridgehead atoms. The predicted molar refractivity (Wildman–Crippen MR) is 140 cm³/mol. The fourth-order valence-corrected chi connectivity index (χ4v) is 6.22. The minimum absolute atomic E-state index is 0.0789. The Kier molecular flexibility index (Phi) is 7.22. The summed E-state index contributed by atoms with van der Waals surface area (Å²) in [6.07, 6.45) is -0.967. The topological polar surface area (TPSA) is 71.5 Å². The van der Waals surface area contributed by atoms with Gasteiger partial charge in [-0.1, -0.05) is 60.1 Å². The van der Waals surface area contributed by atoms with Crippen LogP contribution in [-0.2, 0) is 16.9 Å². The molecule has 1 aliphatic rings. The van der Waals surface area contributed by atoms with Crippen LogP contribution in [0.25, 0.3) is 0 Å². The van der Waals surface area contributed by atoms with E-state index >= 15 is 0 Å². The van der Waals surface area contributed by atoms with E-state index in [1.807, 2.05) is 77.5 Å². The van der Waals surface area contributed by atoms with E-state index in [0.29, 0.717) is 23.2 Å². The van der Waals surface area contributed by atoms with Crippen LogP contribution >= 0.6 is 34.7 Å². The molecule has 0 spiro atoms. The Bertz CT molecular complexity index is 1300. The third kappa shape index (κ3) is 5.15. The van der Waals surface area contributed by atoms with E-state index in [9.17, 15) is 9.90 Å². The zero-order valence-electron chi connectivity index (χ0n) is 18.6. The number of ether oxygens (including phenoxy) is 1. The highest BCUT2D eigenvalue weighted by molar-refractivity contribution is 8.00. The van der Waals surface area contributed by atoms with Gasteiger partial charge in [0.2, 0.25) is 5.88 Å². The molecule has 1 saturated heterocycles. The van der Waals surface area contributed by atoms with Gasteiger partial charge in [0, 0.05) is 17.4 Å². The Balaban J connectivity index is 1.43. The molecule has 0 aliphatic carbocycles. The number of aliphatic hydroxyl groups excluding tert-OH is 1. The Morgan fingerprint density at radius 1 is 1.09 bits per heavy atom. The van der Waals surface area contributed by atoms with Gasteiger partial charge in [-0.3, -0.25) is 10.1 Å². The van der Waals surface area contributed by atoms with Crippen LogP contribution in [0, 0.1) is 0 Å². The average molecular weight is 523 g/mol. The summed E-state index contributed by atoms with van der Waals surface area (Å²) in [7, 11) is 0. The molecule has 2 N–H and O–H groups in total. The number of piperidine rings is 1. The number of pyridine rings is 1. The normalized spacial score (nSPS) is 22.2. The SMILES string of the molecule is O=C1CC(c2ccsc2)(c2cccc(OCc3ccccc3)n2)NC(O)C1Sc1ccccc1Cl. The van der Waals surface area contributed by atoms with Crippen molar-refractivity contribution in [2.75, 3.05) is 0 Å². The molecule has 3 atom stereocenters. The smallest absolute Gasteiger partial charge is 0.213 e. The number of ketones is 1. The molecule has 1 fully saturated rings. The zero-order valence-corrected chi connectivity index (χ0v) is 21.0. The lowest BCUT2D eigenvalue weighted by molar-refractivity contribution is -0.125. The first kappa shape index (κ1) is 24.0. The molecule has 178 valence electrons. The minimum Gasteiger partial charge on any atom is -0.473 e. The number of thiophene rings is 1. The summed E-state index contributed by atoms with van der Waals surface area (Å²) in [4.78, 5) is 19.0. The summed E-state index contributed by atoms with van der Waals surface area (Å²) in [5.74, 6) is 0.377. The van der Waals surface area contributed by atoms with Gasteiger partial charge in [0.05, 0.1) is 16.3 Å². The highest BCUT2D eigenvalue weighted by Crippen LogP contribution is 2.42. The van der Waals surface area contributed by atoms with Crippen LogP contribution in [0.1, 0.15) is 23.2 Å². The van der Waals surface area contributed by atoms with Gasteiger partial charge in [0.15, 0.2) is 5.78 Å². The molecular weight excluding hydrogens is 500 g/mol. The summed E-state index contributed by atoms with van der Waals surface area (Å²) in [5.41, 5.74) is 1.56. The van der Waals surface area contributed by atoms with E-state index in [0.717, 1.165) is 16.0 Å². The molecule has 35 heavy (non-hydrogen) atoms. The number of hydrogen-bond donors (Lipinski definition) is 2. The van der Waals surface area contributed by atoms with E-state index in [2.05, 4.69) is 5.32 Å². The second-order valence-corrected chi connectivity index (χ2v) is 10.6. The molecule has 2 aromatic heterocycles. The van der Waals surface area contributed by atoms with Crippen LogP contribution < -0.4 is 10.1 Å². The molecule has 8 heteroatoms. The monoisotopic (exact) mass is 522 g/mol. The lowest BCUT2D eigenvalue weighted by atomic mass is 9.79. The van der Waals surface area contributed by atoms with Crippen molar-refractivity contribution in [3.05, 3.63) is 111 Å². The molecule has 3 heterocycles. The summed E-state index contributed by atoms with van der Waals surface area (Å²) in [6, 6.07) is 24.7. The van der Waals surface area contributed by atoms with Gasteiger partial charge in [-0.25, -0.2) is 4.98 Å². The van der Waals surface area contributed by atoms with E-state index in [1.54, 1.807) is 12.1 Å². The van der Waals surface area contributed by atoms with Gasteiger partial charge in [-0.05, 0) is 46.2 Å². The van der Waals surface area contributed by atoms with Crippen LogP contribution in [0.4, 0.5) is 0 Å². The zero-order chi connectivity index (χ0) is 24.3. The number of nitrogens with zero attached hydrogens (tertiary/aromatic N) is 1. The van der Waals surface area contributed by atoms with Gasteiger partial charge in [0.25, 0.3) is 0 Å². The van der Waals surface area contributed by atoms with E-state index < -0.39 is 17.0 Å². The number of thioether (sulfide) groups is 1. The van der Waals surface area contributed by atoms with Crippen molar-refractivity contribution in [2.45, 2.75) is 34.9 Å². The lowest BCUT2D eigenvalue weighted by Crippen LogP contribution is -2.60. The van der Waals surface area contributed by atoms with Crippen molar-refractivity contribution in [1.29, 1.82) is 0 Å².